The van der Waals surface area contributed by atoms with E-state index >= 15 is 0 Å². The SMILES string of the molecule is COc1cc([C@H]2C3=C(C[C@H](c4ccc(C(C)(C)C)cc4)CC3=O)Nc3ccccc3N2C(C)=O)cc(OC)c1OC. The lowest BCUT2D eigenvalue weighted by atomic mass is 9.77. The van der Waals surface area contributed by atoms with Crippen LogP contribution in [0.3, 0.4) is 0 Å². The summed E-state index contributed by atoms with van der Waals surface area (Å²) < 4.78 is 16.9. The van der Waals surface area contributed by atoms with Crippen LogP contribution in [-0.4, -0.2) is 33.0 Å². The topological polar surface area (TPSA) is 77.1 Å². The Kier molecular flexibility index (Phi) is 7.56. The number of methoxy groups -OCH3 is 3. The molecule has 7 heteroatoms. The first-order chi connectivity index (χ1) is 19.6. The largest absolute Gasteiger partial charge is 0.493 e. The van der Waals surface area contributed by atoms with Crippen LogP contribution in [0.2, 0.25) is 0 Å². The molecular formula is C34H38N2O5. The molecule has 0 fully saturated rings. The monoisotopic (exact) mass is 554 g/mol. The molecule has 0 spiro atoms. The van der Waals surface area contributed by atoms with Gasteiger partial charge in [0.1, 0.15) is 0 Å². The zero-order valence-corrected chi connectivity index (χ0v) is 24.8. The molecule has 0 saturated carbocycles. The number of Topliss-reactive ketones (excluding diaryl/α,β-unsaturated/α-hetero) is 1. The van der Waals surface area contributed by atoms with Crippen LogP contribution in [0.5, 0.6) is 17.2 Å². The minimum absolute atomic E-state index is 0.00135. The van der Waals surface area contributed by atoms with Crippen molar-refractivity contribution < 1.29 is 23.8 Å². The molecule has 2 atom stereocenters. The smallest absolute Gasteiger partial charge is 0.224 e. The average molecular weight is 555 g/mol. The predicted octanol–water partition coefficient (Wildman–Crippen LogP) is 6.93. The van der Waals surface area contributed by atoms with Crippen molar-refractivity contribution in [1.82, 2.24) is 0 Å². The molecule has 1 amide bonds. The molecular weight excluding hydrogens is 516 g/mol. The van der Waals surface area contributed by atoms with Gasteiger partial charge in [-0.1, -0.05) is 57.2 Å². The number of carbonyl (C=O) groups excluding carboxylic acids is 2. The van der Waals surface area contributed by atoms with Crippen LogP contribution in [0.25, 0.3) is 0 Å². The maximum Gasteiger partial charge on any atom is 0.224 e. The van der Waals surface area contributed by atoms with Crippen molar-refractivity contribution in [1.29, 1.82) is 0 Å². The summed E-state index contributed by atoms with van der Waals surface area (Å²) in [4.78, 5) is 29.3. The highest BCUT2D eigenvalue weighted by molar-refractivity contribution is 6.06. The van der Waals surface area contributed by atoms with Crippen molar-refractivity contribution >= 4 is 23.1 Å². The number of ketones is 1. The molecule has 214 valence electrons. The van der Waals surface area contributed by atoms with Crippen molar-refractivity contribution in [3.05, 3.63) is 88.6 Å². The zero-order valence-electron chi connectivity index (χ0n) is 24.8. The molecule has 3 aromatic carbocycles. The van der Waals surface area contributed by atoms with E-state index in [0.717, 1.165) is 16.9 Å². The van der Waals surface area contributed by atoms with Gasteiger partial charge in [0.15, 0.2) is 17.3 Å². The van der Waals surface area contributed by atoms with E-state index < -0.39 is 6.04 Å². The summed E-state index contributed by atoms with van der Waals surface area (Å²) in [6, 6.07) is 19.2. The third-order valence-electron chi connectivity index (χ3n) is 8.08. The van der Waals surface area contributed by atoms with Crippen LogP contribution < -0.4 is 24.4 Å². The number of nitrogens with zero attached hydrogens (tertiary/aromatic N) is 1. The second-order valence-corrected chi connectivity index (χ2v) is 11.7. The summed E-state index contributed by atoms with van der Waals surface area (Å²) in [6.07, 6.45) is 0.981. The van der Waals surface area contributed by atoms with Crippen LogP contribution in [0.15, 0.2) is 71.9 Å². The fraction of sp³-hybridized carbons (Fsp3) is 0.353. The van der Waals surface area contributed by atoms with Gasteiger partial charge in [-0.15, -0.1) is 0 Å². The molecule has 3 aromatic rings. The standard InChI is InChI=1S/C34H38N2O5/c1-20(37)36-27-11-9-8-10-25(27)35-26-16-22(21-12-14-24(15-13-21)34(2,3)4)17-28(38)31(26)32(36)23-18-29(39-5)33(41-7)30(19-23)40-6/h8-15,18-19,22,32,35H,16-17H2,1-7H3/t22-,32-/m0/s1. The van der Waals surface area contributed by atoms with Gasteiger partial charge in [0.25, 0.3) is 0 Å². The number of rotatable bonds is 5. The number of amides is 1. The van der Waals surface area contributed by atoms with E-state index in [0.29, 0.717) is 46.9 Å². The Morgan fingerprint density at radius 1 is 0.878 bits per heavy atom. The van der Waals surface area contributed by atoms with Crippen LogP contribution in [0.1, 0.15) is 69.2 Å². The molecule has 41 heavy (non-hydrogen) atoms. The van der Waals surface area contributed by atoms with Crippen molar-refractivity contribution in [3.8, 4) is 17.2 Å². The highest BCUT2D eigenvalue weighted by Gasteiger charge is 2.41. The number of carbonyl (C=O) groups is 2. The van der Waals surface area contributed by atoms with Crippen molar-refractivity contribution in [3.63, 3.8) is 0 Å². The third-order valence-corrected chi connectivity index (χ3v) is 8.08. The number of hydrogen-bond acceptors (Lipinski definition) is 6. The lowest BCUT2D eigenvalue weighted by Gasteiger charge is -2.35. The van der Waals surface area contributed by atoms with Crippen LogP contribution in [-0.2, 0) is 15.0 Å². The Morgan fingerprint density at radius 3 is 2.07 bits per heavy atom. The molecule has 7 nitrogen and oxygen atoms in total. The van der Waals surface area contributed by atoms with Gasteiger partial charge in [-0.2, -0.15) is 0 Å². The molecule has 1 heterocycles. The normalized spacial score (nSPS) is 18.6. The van der Waals surface area contributed by atoms with Gasteiger partial charge in [-0.05, 0) is 58.7 Å². The minimum atomic E-state index is -0.691. The highest BCUT2D eigenvalue weighted by Crippen LogP contribution is 2.50. The summed E-state index contributed by atoms with van der Waals surface area (Å²) in [6.45, 7) is 8.11. The molecule has 5 rings (SSSR count). The third kappa shape index (κ3) is 5.17. The van der Waals surface area contributed by atoms with Gasteiger partial charge in [0, 0.05) is 24.6 Å². The maximum atomic E-state index is 14.2. The van der Waals surface area contributed by atoms with Gasteiger partial charge < -0.3 is 19.5 Å². The van der Waals surface area contributed by atoms with Crippen molar-refractivity contribution in [2.45, 2.75) is 57.9 Å². The first-order valence-electron chi connectivity index (χ1n) is 13.9. The van der Waals surface area contributed by atoms with Gasteiger partial charge in [0.05, 0.1) is 38.7 Å². The van der Waals surface area contributed by atoms with Crippen molar-refractivity contribution in [2.24, 2.45) is 0 Å². The van der Waals surface area contributed by atoms with Crippen molar-refractivity contribution in [2.75, 3.05) is 31.5 Å². The molecule has 1 aliphatic heterocycles. The van der Waals surface area contributed by atoms with Crippen LogP contribution in [0, 0.1) is 0 Å². The number of nitrogens with one attached hydrogen (secondary N) is 1. The Balaban J connectivity index is 1.69. The second kappa shape index (κ2) is 11.0. The predicted molar refractivity (Wildman–Crippen MR) is 161 cm³/mol. The summed E-state index contributed by atoms with van der Waals surface area (Å²) in [7, 11) is 4.66. The van der Waals surface area contributed by atoms with E-state index in [-0.39, 0.29) is 23.0 Å². The van der Waals surface area contributed by atoms with E-state index in [2.05, 4.69) is 50.4 Å². The molecule has 0 aromatic heterocycles. The molecule has 2 aliphatic rings. The number of fused-ring (bicyclic) bond motifs is 1. The molecule has 0 radical (unpaired) electrons. The Labute approximate surface area is 242 Å². The van der Waals surface area contributed by atoms with Crippen LogP contribution >= 0.6 is 0 Å². The second-order valence-electron chi connectivity index (χ2n) is 11.7. The molecule has 1 aliphatic carbocycles. The van der Waals surface area contributed by atoms with Gasteiger partial charge >= 0.3 is 0 Å². The fourth-order valence-electron chi connectivity index (χ4n) is 6.00. The number of anilines is 2. The summed E-state index contributed by atoms with van der Waals surface area (Å²) in [5, 5.41) is 3.57. The van der Waals surface area contributed by atoms with E-state index in [4.69, 9.17) is 14.2 Å². The van der Waals surface area contributed by atoms with Gasteiger partial charge in [0.2, 0.25) is 11.7 Å². The number of benzene rings is 3. The van der Waals surface area contributed by atoms with Gasteiger partial charge in [-0.3, -0.25) is 14.5 Å². The van der Waals surface area contributed by atoms with E-state index in [1.54, 1.807) is 26.2 Å². The summed E-state index contributed by atoms with van der Waals surface area (Å²) >= 11 is 0. The highest BCUT2D eigenvalue weighted by atomic mass is 16.5. The minimum Gasteiger partial charge on any atom is -0.493 e. The molecule has 1 N–H and O–H groups in total. The maximum absolute atomic E-state index is 14.2. The quantitative estimate of drug-likeness (QED) is 0.369. The first-order valence-corrected chi connectivity index (χ1v) is 13.9. The Morgan fingerprint density at radius 2 is 1.51 bits per heavy atom. The summed E-state index contributed by atoms with van der Waals surface area (Å²) in [5.41, 5.74) is 6.01. The zero-order chi connectivity index (χ0) is 29.5. The Bertz CT molecular complexity index is 1490. The lowest BCUT2D eigenvalue weighted by Crippen LogP contribution is -2.37. The number of ether oxygens (including phenoxy) is 3. The van der Waals surface area contributed by atoms with E-state index in [1.165, 1.54) is 12.5 Å². The number of allylic oxidation sites excluding steroid dienone is 1. The van der Waals surface area contributed by atoms with E-state index in [1.807, 2.05) is 36.4 Å². The number of hydrogen-bond donors (Lipinski definition) is 1. The first kappa shape index (κ1) is 28.3. The fourth-order valence-corrected chi connectivity index (χ4v) is 6.00. The van der Waals surface area contributed by atoms with Gasteiger partial charge in [-0.25, -0.2) is 0 Å². The summed E-state index contributed by atoms with van der Waals surface area (Å²) in [5.74, 6) is 1.19. The Hall–Kier alpha value is -4.26. The lowest BCUT2D eigenvalue weighted by molar-refractivity contribution is -0.117. The molecule has 0 bridgehead atoms. The van der Waals surface area contributed by atoms with E-state index in [9.17, 15) is 9.59 Å². The molecule has 0 saturated heterocycles. The molecule has 0 unspecified atom stereocenters. The number of para-hydroxylation sites is 2. The average Bonchev–Trinajstić information content (AvgIpc) is 3.10. The van der Waals surface area contributed by atoms with Crippen LogP contribution in [0.4, 0.5) is 11.4 Å².